The molecule has 0 spiro atoms. The first-order valence-corrected chi connectivity index (χ1v) is 13.9. The molecule has 5 rings (SSSR count). The van der Waals surface area contributed by atoms with E-state index in [1.807, 2.05) is 9.80 Å². The normalized spacial score (nSPS) is 17.0. The number of rotatable bonds is 6. The summed E-state index contributed by atoms with van der Waals surface area (Å²) in [4.78, 5) is 32.2. The highest BCUT2D eigenvalue weighted by Gasteiger charge is 2.30. The quantitative estimate of drug-likeness (QED) is 0.193. The van der Waals surface area contributed by atoms with Gasteiger partial charge in [-0.1, -0.05) is 42.5 Å². The van der Waals surface area contributed by atoms with Crippen LogP contribution in [0.15, 0.2) is 93.7 Å². The van der Waals surface area contributed by atoms with Gasteiger partial charge in [0.15, 0.2) is 5.17 Å². The number of amides is 1. The number of amidine groups is 1. The van der Waals surface area contributed by atoms with E-state index < -0.39 is 10.1 Å². The Balaban J connectivity index is 1.20. The van der Waals surface area contributed by atoms with Gasteiger partial charge >= 0.3 is 10.1 Å². The van der Waals surface area contributed by atoms with Crippen molar-refractivity contribution in [2.45, 2.75) is 4.90 Å². The lowest BCUT2D eigenvalue weighted by atomic mass is 10.2. The van der Waals surface area contributed by atoms with Crippen LogP contribution in [0.2, 0.25) is 0 Å². The lowest BCUT2D eigenvalue weighted by molar-refractivity contribution is -0.384. The molecule has 2 aliphatic rings. The second kappa shape index (κ2) is 10.7. The van der Waals surface area contributed by atoms with Crippen molar-refractivity contribution in [3.63, 3.8) is 0 Å². The minimum atomic E-state index is -3.94. The Morgan fingerprint density at radius 1 is 0.895 bits per heavy atom. The van der Waals surface area contributed by atoms with Crippen LogP contribution in [0.5, 0.6) is 5.75 Å². The molecule has 10 nitrogen and oxygen atoms in total. The molecule has 194 valence electrons. The zero-order chi connectivity index (χ0) is 26.7. The van der Waals surface area contributed by atoms with Crippen LogP contribution in [-0.2, 0) is 14.9 Å². The van der Waals surface area contributed by atoms with Gasteiger partial charge in [-0.2, -0.15) is 13.4 Å². The number of thioether (sulfide) groups is 1. The number of para-hydroxylation sites is 2. The molecular formula is C26H22N4O6S2. The number of aliphatic imine (C=N–C) groups is 1. The topological polar surface area (TPSA) is 122 Å². The summed E-state index contributed by atoms with van der Waals surface area (Å²) in [6, 6.07) is 20.9. The van der Waals surface area contributed by atoms with E-state index >= 15 is 0 Å². The van der Waals surface area contributed by atoms with Crippen molar-refractivity contribution in [1.29, 1.82) is 0 Å². The number of carbonyl (C=O) groups excluding carboxylic acids is 1. The highest BCUT2D eigenvalue weighted by molar-refractivity contribution is 8.18. The standard InChI is InChI=1S/C26H22N4O6S2/c31-25-24(18-19-10-12-20(13-11-19)36-38(34,35)21-6-2-1-3-7-21)37-26(27-25)29-16-14-28(15-17-29)22-8-4-5-9-23(22)30(32)33/h1-13,18H,14-17H2/b24-18-. The van der Waals surface area contributed by atoms with Gasteiger partial charge in [-0.3, -0.25) is 14.9 Å². The fourth-order valence-electron chi connectivity index (χ4n) is 4.09. The van der Waals surface area contributed by atoms with E-state index in [1.165, 1.54) is 42.1 Å². The molecule has 2 heterocycles. The van der Waals surface area contributed by atoms with Crippen LogP contribution in [0.25, 0.3) is 6.08 Å². The molecular weight excluding hydrogens is 528 g/mol. The molecule has 1 amide bonds. The first kappa shape index (κ1) is 25.5. The highest BCUT2D eigenvalue weighted by Crippen LogP contribution is 2.33. The molecule has 0 atom stereocenters. The number of nitro groups is 1. The molecule has 12 heteroatoms. The largest absolute Gasteiger partial charge is 0.379 e. The summed E-state index contributed by atoms with van der Waals surface area (Å²) in [5, 5.41) is 12.0. The van der Waals surface area contributed by atoms with Crippen LogP contribution in [0.3, 0.4) is 0 Å². The second-order valence-electron chi connectivity index (χ2n) is 8.45. The van der Waals surface area contributed by atoms with E-state index in [-0.39, 0.29) is 27.2 Å². The maximum atomic E-state index is 12.6. The summed E-state index contributed by atoms with van der Waals surface area (Å²) in [5.41, 5.74) is 1.35. The van der Waals surface area contributed by atoms with E-state index in [4.69, 9.17) is 4.18 Å². The van der Waals surface area contributed by atoms with Gasteiger partial charge in [0.25, 0.3) is 11.6 Å². The Morgan fingerprint density at radius 3 is 2.21 bits per heavy atom. The molecule has 38 heavy (non-hydrogen) atoms. The molecule has 0 unspecified atom stereocenters. The molecule has 0 radical (unpaired) electrons. The molecule has 0 bridgehead atoms. The molecule has 1 saturated heterocycles. The SMILES string of the molecule is O=C1N=C(N2CCN(c3ccccc3[N+](=O)[O-])CC2)S/C1=C\c1ccc(OS(=O)(=O)c2ccccc2)cc1. The van der Waals surface area contributed by atoms with Crippen molar-refractivity contribution in [2.75, 3.05) is 31.1 Å². The van der Waals surface area contributed by atoms with Crippen molar-refractivity contribution in [2.24, 2.45) is 4.99 Å². The van der Waals surface area contributed by atoms with E-state index in [1.54, 1.807) is 54.6 Å². The Labute approximate surface area is 223 Å². The van der Waals surface area contributed by atoms with Gasteiger partial charge in [0.2, 0.25) is 0 Å². The van der Waals surface area contributed by atoms with Crippen LogP contribution < -0.4 is 9.08 Å². The van der Waals surface area contributed by atoms with Crippen molar-refractivity contribution in [1.82, 2.24) is 4.90 Å². The smallest absolute Gasteiger partial charge is 0.339 e. The molecule has 0 aromatic heterocycles. The number of hydrogen-bond acceptors (Lipinski definition) is 9. The number of nitrogens with zero attached hydrogens (tertiary/aromatic N) is 4. The van der Waals surface area contributed by atoms with E-state index in [0.717, 1.165) is 0 Å². The summed E-state index contributed by atoms with van der Waals surface area (Å²) < 4.78 is 30.0. The minimum Gasteiger partial charge on any atom is -0.379 e. The predicted octanol–water partition coefficient (Wildman–Crippen LogP) is 4.16. The maximum absolute atomic E-state index is 12.6. The predicted molar refractivity (Wildman–Crippen MR) is 146 cm³/mol. The number of hydrogen-bond donors (Lipinski definition) is 0. The van der Waals surface area contributed by atoms with E-state index in [2.05, 4.69) is 4.99 Å². The Hall–Kier alpha value is -4.16. The molecule has 2 aliphatic heterocycles. The molecule has 3 aromatic carbocycles. The Bertz CT molecular complexity index is 1530. The summed E-state index contributed by atoms with van der Waals surface area (Å²) >= 11 is 1.27. The molecule has 0 saturated carbocycles. The molecule has 3 aromatic rings. The maximum Gasteiger partial charge on any atom is 0.339 e. The third-order valence-corrected chi connectivity index (χ3v) is 8.30. The molecule has 0 N–H and O–H groups in total. The van der Waals surface area contributed by atoms with E-state index in [9.17, 15) is 23.3 Å². The van der Waals surface area contributed by atoms with Gasteiger partial charge in [0.05, 0.1) is 9.83 Å². The van der Waals surface area contributed by atoms with E-state index in [0.29, 0.717) is 47.5 Å². The van der Waals surface area contributed by atoms with Gasteiger partial charge in [-0.05, 0) is 53.7 Å². The summed E-state index contributed by atoms with van der Waals surface area (Å²) in [6.07, 6.45) is 1.70. The van der Waals surface area contributed by atoms with Gasteiger partial charge in [-0.15, -0.1) is 0 Å². The number of benzene rings is 3. The van der Waals surface area contributed by atoms with Gasteiger partial charge in [0.1, 0.15) is 16.3 Å². The Kier molecular flexibility index (Phi) is 7.16. The van der Waals surface area contributed by atoms with Crippen LogP contribution in [-0.4, -0.2) is 55.5 Å². The zero-order valence-electron chi connectivity index (χ0n) is 20.0. The highest BCUT2D eigenvalue weighted by atomic mass is 32.2. The number of anilines is 1. The van der Waals surface area contributed by atoms with Crippen LogP contribution >= 0.6 is 11.8 Å². The third-order valence-electron chi connectivity index (χ3n) is 5.99. The fraction of sp³-hybridized carbons (Fsp3) is 0.154. The third kappa shape index (κ3) is 5.55. The van der Waals surface area contributed by atoms with Crippen molar-refractivity contribution in [3.05, 3.63) is 99.4 Å². The Morgan fingerprint density at radius 2 is 1.53 bits per heavy atom. The second-order valence-corrected chi connectivity index (χ2v) is 11.0. The number of nitro benzene ring substituents is 1. The van der Waals surface area contributed by atoms with Crippen LogP contribution in [0, 0.1) is 10.1 Å². The first-order valence-electron chi connectivity index (χ1n) is 11.7. The van der Waals surface area contributed by atoms with Crippen molar-refractivity contribution >= 4 is 50.4 Å². The average Bonchev–Trinajstić information content (AvgIpc) is 3.30. The number of carbonyl (C=O) groups is 1. The van der Waals surface area contributed by atoms with Crippen LogP contribution in [0.4, 0.5) is 11.4 Å². The van der Waals surface area contributed by atoms with Gasteiger partial charge in [0, 0.05) is 32.2 Å². The summed E-state index contributed by atoms with van der Waals surface area (Å²) in [7, 11) is -3.94. The lowest BCUT2D eigenvalue weighted by Gasteiger charge is -2.36. The average molecular weight is 551 g/mol. The number of piperazine rings is 1. The molecule has 0 aliphatic carbocycles. The summed E-state index contributed by atoms with van der Waals surface area (Å²) in [5.74, 6) is -0.187. The fourth-order valence-corrected chi connectivity index (χ4v) is 6.01. The van der Waals surface area contributed by atoms with Crippen molar-refractivity contribution in [3.8, 4) is 5.75 Å². The summed E-state index contributed by atoms with van der Waals surface area (Å²) in [6.45, 7) is 2.26. The van der Waals surface area contributed by atoms with Gasteiger partial charge in [-0.25, -0.2) is 0 Å². The van der Waals surface area contributed by atoms with Crippen LogP contribution in [0.1, 0.15) is 5.56 Å². The molecule has 1 fully saturated rings. The monoisotopic (exact) mass is 550 g/mol. The zero-order valence-corrected chi connectivity index (χ0v) is 21.6. The van der Waals surface area contributed by atoms with Gasteiger partial charge < -0.3 is 14.0 Å². The minimum absolute atomic E-state index is 0.0617. The lowest BCUT2D eigenvalue weighted by Crippen LogP contribution is -2.48. The first-order chi connectivity index (χ1) is 18.3. The van der Waals surface area contributed by atoms with Crippen molar-refractivity contribution < 1.29 is 22.3 Å².